The minimum Gasteiger partial charge on any atom is -0.338 e. The van der Waals surface area contributed by atoms with E-state index in [4.69, 9.17) is 0 Å². The number of benzene rings is 4. The Morgan fingerprint density at radius 2 is 1.32 bits per heavy atom. The Morgan fingerprint density at radius 3 is 2.06 bits per heavy atom. The number of carbonyl (C=O) groups is 2. The number of nitrogens with one attached hydrogen (secondary N) is 1. The number of nitrogens with zero attached hydrogens (tertiary/aromatic N) is 1. The number of likely N-dealkylation sites (tertiary alicyclic amines) is 1. The quantitative estimate of drug-likeness (QED) is 0.395. The third kappa shape index (κ3) is 4.62. The molecule has 1 fully saturated rings. The Kier molecular flexibility index (Phi) is 6.21. The third-order valence-corrected chi connectivity index (χ3v) is 6.41. The van der Waals surface area contributed by atoms with E-state index in [0.717, 1.165) is 17.5 Å². The van der Waals surface area contributed by atoms with Gasteiger partial charge in [-0.1, -0.05) is 84.9 Å². The van der Waals surface area contributed by atoms with E-state index in [2.05, 4.69) is 17.4 Å². The van der Waals surface area contributed by atoms with Gasteiger partial charge in [-0.3, -0.25) is 9.59 Å². The number of carbonyl (C=O) groups excluding carboxylic acids is 2. The molecular formula is C30H26N2O2. The van der Waals surface area contributed by atoms with Crippen molar-refractivity contribution in [1.29, 1.82) is 0 Å². The molecule has 0 saturated carbocycles. The number of amides is 2. The largest absolute Gasteiger partial charge is 0.338 e. The van der Waals surface area contributed by atoms with Crippen LogP contribution < -0.4 is 5.32 Å². The van der Waals surface area contributed by atoms with Crippen molar-refractivity contribution in [1.82, 2.24) is 4.90 Å². The molecule has 34 heavy (non-hydrogen) atoms. The molecule has 4 nitrogen and oxygen atoms in total. The average Bonchev–Trinajstić information content (AvgIpc) is 3.40. The normalized spacial score (nSPS) is 15.2. The van der Waals surface area contributed by atoms with E-state index in [1.807, 2.05) is 89.8 Å². The lowest BCUT2D eigenvalue weighted by Crippen LogP contribution is -2.29. The minimum absolute atomic E-state index is 0.0474. The van der Waals surface area contributed by atoms with Gasteiger partial charge in [-0.2, -0.15) is 0 Å². The lowest BCUT2D eigenvalue weighted by molar-refractivity contribution is 0.0792. The van der Waals surface area contributed by atoms with Crippen molar-refractivity contribution in [3.8, 4) is 11.1 Å². The molecule has 4 aromatic rings. The summed E-state index contributed by atoms with van der Waals surface area (Å²) in [7, 11) is 0. The van der Waals surface area contributed by atoms with Crippen molar-refractivity contribution >= 4 is 17.5 Å². The highest BCUT2D eigenvalue weighted by atomic mass is 16.2. The van der Waals surface area contributed by atoms with Crippen LogP contribution in [0.5, 0.6) is 0 Å². The maximum atomic E-state index is 13.3. The van der Waals surface area contributed by atoms with E-state index in [-0.39, 0.29) is 11.8 Å². The second-order valence-corrected chi connectivity index (χ2v) is 8.59. The van der Waals surface area contributed by atoms with Gasteiger partial charge in [0.25, 0.3) is 11.8 Å². The molecule has 0 aliphatic carbocycles. The smallest absolute Gasteiger partial charge is 0.255 e. The Balaban J connectivity index is 1.29. The fourth-order valence-corrected chi connectivity index (χ4v) is 4.53. The molecule has 0 spiro atoms. The first-order valence-corrected chi connectivity index (χ1v) is 11.6. The van der Waals surface area contributed by atoms with Crippen LogP contribution in [0, 0.1) is 0 Å². The highest BCUT2D eigenvalue weighted by Gasteiger charge is 2.29. The second kappa shape index (κ2) is 9.75. The van der Waals surface area contributed by atoms with Gasteiger partial charge in [0.05, 0.1) is 11.3 Å². The van der Waals surface area contributed by atoms with Crippen molar-refractivity contribution in [2.45, 2.75) is 12.3 Å². The average molecular weight is 447 g/mol. The molecule has 2 amide bonds. The van der Waals surface area contributed by atoms with Crippen LogP contribution in [-0.2, 0) is 0 Å². The lowest BCUT2D eigenvalue weighted by atomic mass is 9.99. The van der Waals surface area contributed by atoms with Crippen LogP contribution in [0.3, 0.4) is 0 Å². The summed E-state index contributed by atoms with van der Waals surface area (Å²) in [5, 5.41) is 2.95. The molecule has 1 heterocycles. The molecule has 4 aromatic carbocycles. The zero-order valence-corrected chi connectivity index (χ0v) is 18.9. The summed E-state index contributed by atoms with van der Waals surface area (Å²) >= 11 is 0. The summed E-state index contributed by atoms with van der Waals surface area (Å²) in [6.07, 6.45) is 0.943. The molecule has 4 heteroatoms. The molecule has 1 saturated heterocycles. The SMILES string of the molecule is O=C(Nc1ccccc1C(=O)N1CCC(c2ccccc2)C1)c1ccc(-c2ccccc2)cc1. The maximum Gasteiger partial charge on any atom is 0.255 e. The first-order chi connectivity index (χ1) is 16.7. The van der Waals surface area contributed by atoms with Crippen molar-refractivity contribution in [3.63, 3.8) is 0 Å². The van der Waals surface area contributed by atoms with Gasteiger partial charge in [0.1, 0.15) is 0 Å². The fraction of sp³-hybridized carbons (Fsp3) is 0.133. The van der Waals surface area contributed by atoms with Gasteiger partial charge in [-0.15, -0.1) is 0 Å². The number of rotatable bonds is 5. The third-order valence-electron chi connectivity index (χ3n) is 6.41. The number of para-hydroxylation sites is 1. The molecule has 1 aliphatic heterocycles. The number of hydrogen-bond donors (Lipinski definition) is 1. The van der Waals surface area contributed by atoms with Crippen LogP contribution >= 0.6 is 0 Å². The summed E-state index contributed by atoms with van der Waals surface area (Å²) in [6, 6.07) is 35.1. The number of hydrogen-bond acceptors (Lipinski definition) is 2. The summed E-state index contributed by atoms with van der Waals surface area (Å²) in [4.78, 5) is 28.2. The molecule has 1 atom stereocenters. The van der Waals surface area contributed by atoms with E-state index in [1.165, 1.54) is 5.56 Å². The first-order valence-electron chi connectivity index (χ1n) is 11.6. The molecule has 1 N–H and O–H groups in total. The first kappa shape index (κ1) is 21.7. The molecule has 0 bridgehead atoms. The van der Waals surface area contributed by atoms with E-state index < -0.39 is 0 Å². The van der Waals surface area contributed by atoms with Gasteiger partial charge in [-0.05, 0) is 47.4 Å². The zero-order chi connectivity index (χ0) is 23.3. The Labute approximate surface area is 199 Å². The summed E-state index contributed by atoms with van der Waals surface area (Å²) in [5.74, 6) is 0.0623. The van der Waals surface area contributed by atoms with Crippen molar-refractivity contribution in [3.05, 3.63) is 126 Å². The molecule has 0 radical (unpaired) electrons. The van der Waals surface area contributed by atoms with E-state index in [9.17, 15) is 9.59 Å². The van der Waals surface area contributed by atoms with Crippen LogP contribution in [0.2, 0.25) is 0 Å². The van der Waals surface area contributed by atoms with Gasteiger partial charge in [-0.25, -0.2) is 0 Å². The molecular weight excluding hydrogens is 420 g/mol. The van der Waals surface area contributed by atoms with E-state index in [0.29, 0.717) is 35.8 Å². The second-order valence-electron chi connectivity index (χ2n) is 8.59. The Hall–Kier alpha value is -4.18. The monoisotopic (exact) mass is 446 g/mol. The Bertz CT molecular complexity index is 1280. The zero-order valence-electron chi connectivity index (χ0n) is 18.9. The van der Waals surface area contributed by atoms with Crippen molar-refractivity contribution in [2.75, 3.05) is 18.4 Å². The van der Waals surface area contributed by atoms with Gasteiger partial charge in [0.2, 0.25) is 0 Å². The lowest BCUT2D eigenvalue weighted by Gasteiger charge is -2.19. The standard InChI is InChI=1S/C30H26N2O2/c33-29(25-17-15-24(16-18-25)22-9-3-1-4-10-22)31-28-14-8-7-13-27(28)30(34)32-20-19-26(21-32)23-11-5-2-6-12-23/h1-18,26H,19-21H2,(H,31,33). The predicted molar refractivity (Wildman–Crippen MR) is 136 cm³/mol. The van der Waals surface area contributed by atoms with Crippen LogP contribution in [0.1, 0.15) is 38.6 Å². The molecule has 0 aromatic heterocycles. The van der Waals surface area contributed by atoms with Gasteiger partial charge >= 0.3 is 0 Å². The van der Waals surface area contributed by atoms with E-state index in [1.54, 1.807) is 12.1 Å². The maximum absolute atomic E-state index is 13.3. The summed E-state index contributed by atoms with van der Waals surface area (Å²) in [6.45, 7) is 1.40. The highest BCUT2D eigenvalue weighted by Crippen LogP contribution is 2.29. The Morgan fingerprint density at radius 1 is 0.706 bits per heavy atom. The van der Waals surface area contributed by atoms with Crippen LogP contribution in [0.25, 0.3) is 11.1 Å². The van der Waals surface area contributed by atoms with Gasteiger partial charge in [0, 0.05) is 24.6 Å². The fourth-order valence-electron chi connectivity index (χ4n) is 4.53. The molecule has 1 unspecified atom stereocenters. The molecule has 5 rings (SSSR count). The van der Waals surface area contributed by atoms with Crippen molar-refractivity contribution < 1.29 is 9.59 Å². The minimum atomic E-state index is -0.233. The highest BCUT2D eigenvalue weighted by molar-refractivity contribution is 6.09. The summed E-state index contributed by atoms with van der Waals surface area (Å²) in [5.41, 5.74) is 5.02. The molecule has 168 valence electrons. The molecule has 1 aliphatic rings. The van der Waals surface area contributed by atoms with Gasteiger partial charge < -0.3 is 10.2 Å². The van der Waals surface area contributed by atoms with Crippen LogP contribution in [0.15, 0.2) is 109 Å². The predicted octanol–water partition coefficient (Wildman–Crippen LogP) is 6.24. The van der Waals surface area contributed by atoms with Crippen LogP contribution in [0.4, 0.5) is 5.69 Å². The van der Waals surface area contributed by atoms with E-state index >= 15 is 0 Å². The van der Waals surface area contributed by atoms with Gasteiger partial charge in [0.15, 0.2) is 0 Å². The van der Waals surface area contributed by atoms with Crippen LogP contribution in [-0.4, -0.2) is 29.8 Å². The summed E-state index contributed by atoms with van der Waals surface area (Å²) < 4.78 is 0. The number of anilines is 1. The topological polar surface area (TPSA) is 49.4 Å². The van der Waals surface area contributed by atoms with Crippen molar-refractivity contribution in [2.24, 2.45) is 0 Å².